The molecule has 1 saturated carbocycles. The highest BCUT2D eigenvalue weighted by molar-refractivity contribution is 9.10. The van der Waals surface area contributed by atoms with E-state index in [1.807, 2.05) is 36.6 Å². The summed E-state index contributed by atoms with van der Waals surface area (Å²) in [6.07, 6.45) is 3.75. The maximum Gasteiger partial charge on any atom is 0.407 e. The van der Waals surface area contributed by atoms with Crippen LogP contribution in [0.1, 0.15) is 26.1 Å². The second-order valence-electron chi connectivity index (χ2n) is 7.78. The van der Waals surface area contributed by atoms with Gasteiger partial charge in [0.15, 0.2) is 0 Å². The fourth-order valence-electron chi connectivity index (χ4n) is 4.37. The van der Waals surface area contributed by atoms with Crippen molar-refractivity contribution in [1.82, 2.24) is 19.6 Å². The summed E-state index contributed by atoms with van der Waals surface area (Å²) in [6.45, 7) is 4.78. The number of pyridine rings is 1. The van der Waals surface area contributed by atoms with Gasteiger partial charge in [-0.2, -0.15) is 0 Å². The van der Waals surface area contributed by atoms with E-state index in [4.69, 9.17) is 5.11 Å². The van der Waals surface area contributed by atoms with Gasteiger partial charge in [0, 0.05) is 29.7 Å². The first kappa shape index (κ1) is 17.3. The Hall–Kier alpha value is -2.09. The van der Waals surface area contributed by atoms with Crippen molar-refractivity contribution in [3.8, 4) is 0 Å². The number of carbonyl (C=O) groups excluding carboxylic acids is 1. The third-order valence-electron chi connectivity index (χ3n) is 5.62. The summed E-state index contributed by atoms with van der Waals surface area (Å²) in [5.74, 6) is 0.883. The molecule has 8 heteroatoms. The Morgan fingerprint density at radius 1 is 1.35 bits per heavy atom. The number of piperidine rings is 2. The van der Waals surface area contributed by atoms with E-state index in [1.54, 1.807) is 6.20 Å². The third-order valence-corrected chi connectivity index (χ3v) is 6.29. The molecule has 2 aliphatic rings. The van der Waals surface area contributed by atoms with Gasteiger partial charge in [-0.15, -0.1) is 0 Å². The summed E-state index contributed by atoms with van der Waals surface area (Å²) in [6, 6.07) is 3.88. The first-order chi connectivity index (χ1) is 12.3. The number of imidazole rings is 1. The zero-order valence-electron chi connectivity index (χ0n) is 14.6. The molecule has 1 aliphatic carbocycles. The van der Waals surface area contributed by atoms with Crippen LogP contribution in [0.4, 0.5) is 4.79 Å². The fourth-order valence-corrected chi connectivity index (χ4v) is 4.82. The molecule has 26 heavy (non-hydrogen) atoms. The minimum atomic E-state index is -0.895. The molecule has 0 radical (unpaired) electrons. The molecular formula is C18H21BrN4O3. The molecule has 2 amide bonds. The number of likely N-dealkylation sites (tertiary alicyclic amines) is 1. The zero-order chi connectivity index (χ0) is 18.6. The van der Waals surface area contributed by atoms with Crippen molar-refractivity contribution in [1.29, 1.82) is 0 Å². The Morgan fingerprint density at radius 3 is 2.69 bits per heavy atom. The second-order valence-corrected chi connectivity index (χ2v) is 8.63. The lowest BCUT2D eigenvalue weighted by atomic mass is 9.61. The number of hydrogen-bond donors (Lipinski definition) is 2. The Morgan fingerprint density at radius 2 is 2.04 bits per heavy atom. The van der Waals surface area contributed by atoms with Gasteiger partial charge in [-0.3, -0.25) is 4.79 Å². The smallest absolute Gasteiger partial charge is 0.407 e. The minimum absolute atomic E-state index is 0.00645. The van der Waals surface area contributed by atoms with Crippen LogP contribution in [0.25, 0.3) is 5.52 Å². The quantitative estimate of drug-likeness (QED) is 0.798. The average molecular weight is 421 g/mol. The molecule has 4 rings (SSSR count). The van der Waals surface area contributed by atoms with Gasteiger partial charge in [-0.25, -0.2) is 9.78 Å². The maximum absolute atomic E-state index is 12.9. The lowest BCUT2D eigenvalue weighted by Gasteiger charge is -2.52. The largest absolute Gasteiger partial charge is 0.465 e. The van der Waals surface area contributed by atoms with Crippen molar-refractivity contribution < 1.29 is 14.7 Å². The standard InChI is InChI=1S/C18H21BrN4O3/c1-18(2,16-20-7-13-12(19)4-3-5-23(13)16)21-15(24)14-10-6-11(14)9-22(8-10)17(25)26/h3-5,7,10-11,14H,6,8-9H2,1-2H3,(H,21,24)(H,25,26)/t10-,11+,14?. The van der Waals surface area contributed by atoms with Gasteiger partial charge in [0.25, 0.3) is 0 Å². The van der Waals surface area contributed by atoms with Gasteiger partial charge in [0.2, 0.25) is 5.91 Å². The van der Waals surface area contributed by atoms with Crippen LogP contribution in [-0.2, 0) is 10.3 Å². The number of carbonyl (C=O) groups is 2. The molecular weight excluding hydrogens is 400 g/mol. The van der Waals surface area contributed by atoms with Crippen LogP contribution >= 0.6 is 15.9 Å². The van der Waals surface area contributed by atoms with Crippen LogP contribution in [0.15, 0.2) is 29.0 Å². The Balaban J connectivity index is 1.52. The lowest BCUT2D eigenvalue weighted by molar-refractivity contribution is -0.142. The van der Waals surface area contributed by atoms with E-state index in [9.17, 15) is 9.59 Å². The van der Waals surface area contributed by atoms with Crippen molar-refractivity contribution in [3.05, 3.63) is 34.8 Å². The molecule has 2 N–H and O–H groups in total. The summed E-state index contributed by atoms with van der Waals surface area (Å²) in [7, 11) is 0. The van der Waals surface area contributed by atoms with Crippen molar-refractivity contribution >= 4 is 33.4 Å². The van der Waals surface area contributed by atoms with E-state index in [2.05, 4.69) is 26.2 Å². The topological polar surface area (TPSA) is 86.9 Å². The van der Waals surface area contributed by atoms with Crippen LogP contribution in [-0.4, -0.2) is 44.5 Å². The maximum atomic E-state index is 12.9. The monoisotopic (exact) mass is 420 g/mol. The van der Waals surface area contributed by atoms with Gasteiger partial charge in [-0.1, -0.05) is 0 Å². The number of nitrogens with zero attached hydrogens (tertiary/aromatic N) is 3. The van der Waals surface area contributed by atoms with Crippen molar-refractivity contribution in [2.75, 3.05) is 13.1 Å². The first-order valence-corrected chi connectivity index (χ1v) is 9.49. The summed E-state index contributed by atoms with van der Waals surface area (Å²) >= 11 is 3.52. The van der Waals surface area contributed by atoms with Crippen LogP contribution in [0.2, 0.25) is 0 Å². The number of halogens is 1. The van der Waals surface area contributed by atoms with Crippen molar-refractivity contribution in [2.45, 2.75) is 25.8 Å². The van der Waals surface area contributed by atoms with Gasteiger partial charge >= 0.3 is 6.09 Å². The predicted octanol–water partition coefficient (Wildman–Crippen LogP) is 2.69. The molecule has 3 heterocycles. The number of hydrogen-bond acceptors (Lipinski definition) is 3. The fraction of sp³-hybridized carbons (Fsp3) is 0.500. The Labute approximate surface area is 159 Å². The molecule has 2 fully saturated rings. The van der Waals surface area contributed by atoms with Gasteiger partial charge in [-0.05, 0) is 60.2 Å². The molecule has 138 valence electrons. The highest BCUT2D eigenvalue weighted by atomic mass is 79.9. The number of carboxylic acid groups (broad SMARTS) is 1. The highest BCUT2D eigenvalue weighted by Gasteiger charge is 2.52. The second kappa shape index (κ2) is 5.97. The summed E-state index contributed by atoms with van der Waals surface area (Å²) in [5.41, 5.74) is 0.308. The Kier molecular flexibility index (Phi) is 3.98. The van der Waals surface area contributed by atoms with Gasteiger partial charge in [0.1, 0.15) is 5.82 Å². The van der Waals surface area contributed by atoms with E-state index in [1.165, 1.54) is 4.90 Å². The molecule has 2 aromatic heterocycles. The predicted molar refractivity (Wildman–Crippen MR) is 98.7 cm³/mol. The van der Waals surface area contributed by atoms with Gasteiger partial charge in [0.05, 0.1) is 17.3 Å². The van der Waals surface area contributed by atoms with E-state index in [0.29, 0.717) is 13.1 Å². The molecule has 0 spiro atoms. The zero-order valence-corrected chi connectivity index (χ0v) is 16.2. The SMILES string of the molecule is CC(C)(NC(=O)C1[C@@H]2C[C@H]1CN(C(=O)O)C2)c1ncc2c(Br)cccn12. The number of fused-ring (bicyclic) bond motifs is 3. The number of amides is 2. The molecule has 1 aliphatic heterocycles. The van der Waals surface area contributed by atoms with Crippen LogP contribution in [0.3, 0.4) is 0 Å². The molecule has 1 saturated heterocycles. The van der Waals surface area contributed by atoms with Crippen molar-refractivity contribution in [3.63, 3.8) is 0 Å². The average Bonchev–Trinajstić information content (AvgIpc) is 3.00. The lowest BCUT2D eigenvalue weighted by Crippen LogP contribution is -2.62. The third kappa shape index (κ3) is 2.67. The minimum Gasteiger partial charge on any atom is -0.465 e. The first-order valence-electron chi connectivity index (χ1n) is 8.70. The summed E-state index contributed by atoms with van der Waals surface area (Å²) in [5, 5.41) is 12.3. The summed E-state index contributed by atoms with van der Waals surface area (Å²) in [4.78, 5) is 30.0. The molecule has 0 aromatic carbocycles. The summed E-state index contributed by atoms with van der Waals surface area (Å²) < 4.78 is 2.92. The van der Waals surface area contributed by atoms with Crippen LogP contribution < -0.4 is 5.32 Å². The van der Waals surface area contributed by atoms with Crippen LogP contribution in [0.5, 0.6) is 0 Å². The Bertz CT molecular complexity index is 882. The highest BCUT2D eigenvalue weighted by Crippen LogP contribution is 2.46. The number of rotatable bonds is 3. The van der Waals surface area contributed by atoms with Crippen molar-refractivity contribution in [2.24, 2.45) is 17.8 Å². The van der Waals surface area contributed by atoms with E-state index < -0.39 is 11.6 Å². The molecule has 1 unspecified atom stereocenters. The number of nitrogens with one attached hydrogen (secondary N) is 1. The van der Waals surface area contributed by atoms with E-state index in [0.717, 1.165) is 22.2 Å². The molecule has 3 atom stereocenters. The molecule has 7 nitrogen and oxygen atoms in total. The molecule has 2 aromatic rings. The van der Waals surface area contributed by atoms with Crippen LogP contribution in [0, 0.1) is 17.8 Å². The normalized spacial score (nSPS) is 25.0. The van der Waals surface area contributed by atoms with E-state index in [-0.39, 0.29) is 23.7 Å². The van der Waals surface area contributed by atoms with E-state index >= 15 is 0 Å². The van der Waals surface area contributed by atoms with Gasteiger partial charge < -0.3 is 19.7 Å². The number of aromatic nitrogens is 2. The molecule has 2 bridgehead atoms.